The van der Waals surface area contributed by atoms with Crippen molar-refractivity contribution >= 4 is 11.0 Å². The third-order valence-corrected chi connectivity index (χ3v) is 1.77. The van der Waals surface area contributed by atoms with E-state index in [1.165, 1.54) is 0 Å². The Morgan fingerprint density at radius 2 is 1.62 bits per heavy atom. The second-order valence-electron chi connectivity index (χ2n) is 2.55. The number of hydrogen-bond donors (Lipinski definition) is 1. The highest BCUT2D eigenvalue weighted by atomic mass is 14.9. The van der Waals surface area contributed by atoms with Crippen LogP contribution in [0.1, 0.15) is 47.9 Å². The average molecular weight is 222 g/mol. The van der Waals surface area contributed by atoms with Gasteiger partial charge in [-0.15, -0.1) is 0 Å². The fourth-order valence-corrected chi connectivity index (χ4v) is 1.17. The lowest BCUT2D eigenvalue weighted by atomic mass is 10.3. The molecule has 1 N–H and O–H groups in total. The molecule has 2 heteroatoms. The normalized spacial score (nSPS) is 8.06. The first kappa shape index (κ1) is 17.1. The molecule has 0 saturated heterocycles. The Hall–Kier alpha value is -1.31. The van der Waals surface area contributed by atoms with E-state index >= 15 is 0 Å². The molecule has 1 aromatic heterocycles. The van der Waals surface area contributed by atoms with Gasteiger partial charge in [-0.2, -0.15) is 0 Å². The zero-order chi connectivity index (χ0) is 11.7. The third kappa shape index (κ3) is 4.47. The Kier molecular flexibility index (Phi) is 10.9. The predicted octanol–water partition coefficient (Wildman–Crippen LogP) is 4.81. The van der Waals surface area contributed by atoms with Crippen molar-refractivity contribution in [1.82, 2.24) is 9.97 Å². The van der Waals surface area contributed by atoms with E-state index in [9.17, 15) is 0 Å². The summed E-state index contributed by atoms with van der Waals surface area (Å²) >= 11 is 0. The number of aromatic nitrogens is 2. The first-order valence-electron chi connectivity index (χ1n) is 5.84. The number of imidazole rings is 1. The van der Waals surface area contributed by atoms with Gasteiger partial charge < -0.3 is 4.98 Å². The van der Waals surface area contributed by atoms with Crippen LogP contribution in [0.15, 0.2) is 24.3 Å². The van der Waals surface area contributed by atoms with Crippen molar-refractivity contribution in [2.24, 2.45) is 0 Å². The summed E-state index contributed by atoms with van der Waals surface area (Å²) in [5.41, 5.74) is 2.19. The second kappa shape index (κ2) is 10.2. The monoisotopic (exact) mass is 222 g/mol. The van der Waals surface area contributed by atoms with Crippen molar-refractivity contribution in [3.8, 4) is 0 Å². The lowest BCUT2D eigenvalue weighted by Gasteiger charge is -1.82. The average Bonchev–Trinajstić information content (AvgIpc) is 2.77. The molecule has 0 saturated carbocycles. The van der Waals surface area contributed by atoms with E-state index in [-0.39, 0.29) is 7.43 Å². The highest BCUT2D eigenvalue weighted by molar-refractivity contribution is 5.74. The van der Waals surface area contributed by atoms with Crippen LogP contribution in [0.4, 0.5) is 0 Å². The minimum Gasteiger partial charge on any atom is -0.342 e. The minimum absolute atomic E-state index is 0. The van der Waals surface area contributed by atoms with Gasteiger partial charge in [0.15, 0.2) is 0 Å². The first-order chi connectivity index (χ1) is 7.40. The number of aromatic amines is 1. The van der Waals surface area contributed by atoms with Gasteiger partial charge in [0.25, 0.3) is 0 Å². The summed E-state index contributed by atoms with van der Waals surface area (Å²) in [5, 5.41) is 0. The molecule has 1 heterocycles. The molecular formula is C14H26N2. The smallest absolute Gasteiger partial charge is 0.106 e. The summed E-state index contributed by atoms with van der Waals surface area (Å²) in [7, 11) is 0. The molecule has 0 fully saturated rings. The molecule has 1 aromatic carbocycles. The summed E-state index contributed by atoms with van der Waals surface area (Å²) in [6.45, 7) is 10.1. The largest absolute Gasteiger partial charge is 0.342 e. The van der Waals surface area contributed by atoms with E-state index in [1.807, 2.05) is 52.0 Å². The van der Waals surface area contributed by atoms with Crippen LogP contribution in [0.3, 0.4) is 0 Å². The van der Waals surface area contributed by atoms with E-state index < -0.39 is 0 Å². The van der Waals surface area contributed by atoms with Gasteiger partial charge in [-0.3, -0.25) is 0 Å². The van der Waals surface area contributed by atoms with Gasteiger partial charge in [-0.25, -0.2) is 4.98 Å². The fourth-order valence-electron chi connectivity index (χ4n) is 1.17. The van der Waals surface area contributed by atoms with Crippen LogP contribution in [-0.4, -0.2) is 9.97 Å². The number of fused-ring (bicyclic) bond motifs is 1. The molecule has 92 valence electrons. The number of nitrogens with one attached hydrogen (secondary N) is 1. The zero-order valence-corrected chi connectivity index (χ0v) is 10.5. The van der Waals surface area contributed by atoms with E-state index in [0.29, 0.717) is 0 Å². The van der Waals surface area contributed by atoms with Crippen LogP contribution >= 0.6 is 0 Å². The maximum atomic E-state index is 4.38. The Balaban J connectivity index is 0. The molecule has 0 bridgehead atoms. The number of rotatable bonds is 1. The second-order valence-corrected chi connectivity index (χ2v) is 2.55. The quantitative estimate of drug-likeness (QED) is 0.736. The van der Waals surface area contributed by atoms with Crippen molar-refractivity contribution in [3.63, 3.8) is 0 Å². The van der Waals surface area contributed by atoms with Crippen molar-refractivity contribution in [3.05, 3.63) is 30.1 Å². The highest BCUT2D eigenvalue weighted by Crippen LogP contribution is 2.09. The SMILES string of the molecule is C.CC.CC.CCc1nc2ccccc2[nH]1. The van der Waals surface area contributed by atoms with Gasteiger partial charge >= 0.3 is 0 Å². The van der Waals surface area contributed by atoms with Crippen molar-refractivity contribution in [2.45, 2.75) is 48.5 Å². The molecule has 0 atom stereocenters. The lowest BCUT2D eigenvalue weighted by molar-refractivity contribution is 1.00. The summed E-state index contributed by atoms with van der Waals surface area (Å²) < 4.78 is 0. The summed E-state index contributed by atoms with van der Waals surface area (Å²) in [6.07, 6.45) is 0.967. The summed E-state index contributed by atoms with van der Waals surface area (Å²) in [4.78, 5) is 7.61. The number of benzene rings is 1. The summed E-state index contributed by atoms with van der Waals surface area (Å²) in [6, 6.07) is 8.08. The van der Waals surface area contributed by atoms with Gasteiger partial charge in [0.2, 0.25) is 0 Å². The molecule has 2 nitrogen and oxygen atoms in total. The van der Waals surface area contributed by atoms with Crippen molar-refractivity contribution in [2.75, 3.05) is 0 Å². The van der Waals surface area contributed by atoms with Gasteiger partial charge in [-0.05, 0) is 12.1 Å². The van der Waals surface area contributed by atoms with Crippen molar-refractivity contribution in [1.29, 1.82) is 0 Å². The Morgan fingerprint density at radius 1 is 1.06 bits per heavy atom. The van der Waals surface area contributed by atoms with Gasteiger partial charge in [0, 0.05) is 6.42 Å². The number of para-hydroxylation sites is 2. The first-order valence-corrected chi connectivity index (χ1v) is 5.84. The highest BCUT2D eigenvalue weighted by Gasteiger charge is 1.97. The fraction of sp³-hybridized carbons (Fsp3) is 0.500. The maximum Gasteiger partial charge on any atom is 0.106 e. The predicted molar refractivity (Wildman–Crippen MR) is 74.9 cm³/mol. The standard InChI is InChI=1S/C9H10N2.2C2H6.CH4/c1-2-9-10-7-5-3-4-6-8(7)11-9;2*1-2;/h3-6H,2H2,1H3,(H,10,11);2*1-2H3;1H4. The van der Waals surface area contributed by atoms with Gasteiger partial charge in [0.05, 0.1) is 11.0 Å². The molecule has 16 heavy (non-hydrogen) atoms. The van der Waals surface area contributed by atoms with Crippen LogP contribution in [-0.2, 0) is 6.42 Å². The van der Waals surface area contributed by atoms with Gasteiger partial charge in [-0.1, -0.05) is 54.2 Å². The molecule has 2 rings (SSSR count). The van der Waals surface area contributed by atoms with Crippen LogP contribution in [0.5, 0.6) is 0 Å². The van der Waals surface area contributed by atoms with Crippen LogP contribution in [0.2, 0.25) is 0 Å². The van der Waals surface area contributed by atoms with Crippen LogP contribution in [0, 0.1) is 0 Å². The molecule has 0 aliphatic carbocycles. The number of aryl methyl sites for hydroxylation is 1. The summed E-state index contributed by atoms with van der Waals surface area (Å²) in [5.74, 6) is 1.06. The topological polar surface area (TPSA) is 28.7 Å². The van der Waals surface area contributed by atoms with E-state index in [0.717, 1.165) is 23.3 Å². The molecule has 0 aliphatic heterocycles. The maximum absolute atomic E-state index is 4.38. The number of hydrogen-bond acceptors (Lipinski definition) is 1. The zero-order valence-electron chi connectivity index (χ0n) is 10.5. The number of nitrogens with zero attached hydrogens (tertiary/aromatic N) is 1. The van der Waals surface area contributed by atoms with E-state index in [4.69, 9.17) is 0 Å². The third-order valence-electron chi connectivity index (χ3n) is 1.77. The van der Waals surface area contributed by atoms with E-state index in [1.54, 1.807) is 0 Å². The molecule has 0 amide bonds. The Labute approximate surface area is 100 Å². The van der Waals surface area contributed by atoms with E-state index in [2.05, 4.69) is 16.9 Å². The van der Waals surface area contributed by atoms with Crippen LogP contribution in [0.25, 0.3) is 11.0 Å². The Morgan fingerprint density at radius 3 is 2.12 bits per heavy atom. The molecule has 0 unspecified atom stereocenters. The number of H-pyrrole nitrogens is 1. The van der Waals surface area contributed by atoms with Crippen LogP contribution < -0.4 is 0 Å². The molecule has 0 aliphatic rings. The molecule has 0 radical (unpaired) electrons. The van der Waals surface area contributed by atoms with Crippen molar-refractivity contribution < 1.29 is 0 Å². The lowest BCUT2D eigenvalue weighted by Crippen LogP contribution is -1.79. The van der Waals surface area contributed by atoms with Gasteiger partial charge in [0.1, 0.15) is 5.82 Å². The minimum atomic E-state index is 0. The molecule has 0 spiro atoms. The molecule has 2 aromatic rings. The Bertz CT molecular complexity index is 331. The molecular weight excluding hydrogens is 196 g/mol.